The van der Waals surface area contributed by atoms with Gasteiger partial charge in [0.2, 0.25) is 4.80 Å². The molecule has 156 valence electrons. The van der Waals surface area contributed by atoms with Crippen LogP contribution in [0.5, 0.6) is 17.2 Å². The Bertz CT molecular complexity index is 1280. The minimum atomic E-state index is -0.0544. The molecule has 0 spiro atoms. The molecule has 1 aromatic heterocycles. The Balaban J connectivity index is 1.81. The lowest BCUT2D eigenvalue weighted by Crippen LogP contribution is -2.12. The quantitative estimate of drug-likeness (QED) is 0.437. The molecule has 0 aliphatic heterocycles. The van der Waals surface area contributed by atoms with Gasteiger partial charge < -0.3 is 14.9 Å². The first-order valence-corrected chi connectivity index (χ1v) is 10.5. The molecular weight excluding hydrogens is 410 g/mol. The van der Waals surface area contributed by atoms with Gasteiger partial charge in [0, 0.05) is 22.6 Å². The van der Waals surface area contributed by atoms with Crippen LogP contribution in [0.25, 0.3) is 11.3 Å². The maximum Gasteiger partial charge on any atom is 0.206 e. The van der Waals surface area contributed by atoms with E-state index in [2.05, 4.69) is 5.10 Å². The highest BCUT2D eigenvalue weighted by molar-refractivity contribution is 7.07. The van der Waals surface area contributed by atoms with Crippen molar-refractivity contribution in [2.24, 2.45) is 10.1 Å². The predicted molar refractivity (Wildman–Crippen MR) is 123 cm³/mol. The maximum atomic E-state index is 10.1. The van der Waals surface area contributed by atoms with Crippen molar-refractivity contribution < 1.29 is 14.9 Å². The molecule has 6 nitrogen and oxygen atoms in total. The molecule has 0 radical (unpaired) electrons. The highest BCUT2D eigenvalue weighted by atomic mass is 32.1. The van der Waals surface area contributed by atoms with Gasteiger partial charge in [0.1, 0.15) is 17.2 Å². The number of rotatable bonds is 6. The highest BCUT2D eigenvalue weighted by Gasteiger charge is 2.12. The molecule has 0 saturated heterocycles. The highest BCUT2D eigenvalue weighted by Crippen LogP contribution is 2.30. The Morgan fingerprint density at radius 1 is 1.00 bits per heavy atom. The third-order valence-corrected chi connectivity index (χ3v) is 5.49. The minimum absolute atomic E-state index is 0.00824. The lowest BCUT2D eigenvalue weighted by atomic mass is 10.1. The monoisotopic (exact) mass is 431 g/mol. The molecule has 4 rings (SSSR count). The average molecular weight is 432 g/mol. The number of ether oxygens (including phenoxy) is 1. The molecule has 4 aromatic rings. The van der Waals surface area contributed by atoms with Gasteiger partial charge in [0.15, 0.2) is 0 Å². The van der Waals surface area contributed by atoms with Crippen molar-refractivity contribution in [2.45, 2.75) is 6.54 Å². The molecule has 0 aliphatic carbocycles. The van der Waals surface area contributed by atoms with Gasteiger partial charge in [-0.25, -0.2) is 4.68 Å². The zero-order valence-corrected chi connectivity index (χ0v) is 17.7. The molecule has 1 heterocycles. The molecular formula is C24H21N3O3S. The number of thiazole rings is 1. The van der Waals surface area contributed by atoms with Gasteiger partial charge in [-0.1, -0.05) is 42.5 Å². The number of aromatic nitrogens is 1. The Morgan fingerprint density at radius 3 is 2.55 bits per heavy atom. The van der Waals surface area contributed by atoms with Crippen LogP contribution in [0.1, 0.15) is 11.1 Å². The van der Waals surface area contributed by atoms with Crippen molar-refractivity contribution in [1.82, 2.24) is 4.68 Å². The number of hydrogen-bond donors (Lipinski definition) is 2. The van der Waals surface area contributed by atoms with Gasteiger partial charge in [-0.3, -0.25) is 4.99 Å². The number of hydrogen-bond acceptors (Lipinski definition) is 6. The fourth-order valence-corrected chi connectivity index (χ4v) is 3.89. The molecule has 2 N–H and O–H groups in total. The Kier molecular flexibility index (Phi) is 6.14. The summed E-state index contributed by atoms with van der Waals surface area (Å²) in [5.41, 5.74) is 3.29. The zero-order valence-electron chi connectivity index (χ0n) is 16.8. The van der Waals surface area contributed by atoms with Crippen molar-refractivity contribution in [3.8, 4) is 28.5 Å². The first-order chi connectivity index (χ1) is 15.2. The van der Waals surface area contributed by atoms with E-state index in [-0.39, 0.29) is 11.5 Å². The molecule has 0 fully saturated rings. The summed E-state index contributed by atoms with van der Waals surface area (Å²) >= 11 is 1.48. The van der Waals surface area contributed by atoms with Gasteiger partial charge in [0.05, 0.1) is 25.6 Å². The summed E-state index contributed by atoms with van der Waals surface area (Å²) in [6, 6.07) is 22.1. The van der Waals surface area contributed by atoms with Crippen molar-refractivity contribution in [1.29, 1.82) is 0 Å². The number of nitrogens with zero attached hydrogens (tertiary/aromatic N) is 3. The van der Waals surface area contributed by atoms with Gasteiger partial charge in [0.25, 0.3) is 0 Å². The standard InChI is InChI=1S/C24H21N3O3S/c1-30-23-10-6-5-9-20(23)21-16-31-24(25-14-17-7-3-2-4-8-17)27(21)26-15-18-11-12-19(28)13-22(18)29/h2-13,15-16,28-29H,14H2,1H3. The second-order valence-electron chi connectivity index (χ2n) is 6.71. The Morgan fingerprint density at radius 2 is 1.77 bits per heavy atom. The van der Waals surface area contributed by atoms with E-state index in [1.807, 2.05) is 60.0 Å². The van der Waals surface area contributed by atoms with Crippen LogP contribution in [-0.2, 0) is 6.54 Å². The van der Waals surface area contributed by atoms with Crippen LogP contribution in [0, 0.1) is 0 Å². The molecule has 0 amide bonds. The summed E-state index contributed by atoms with van der Waals surface area (Å²) in [5.74, 6) is 0.665. The van der Waals surface area contributed by atoms with Crippen molar-refractivity contribution in [3.05, 3.63) is 94.1 Å². The van der Waals surface area contributed by atoms with Crippen LogP contribution < -0.4 is 9.54 Å². The fourth-order valence-electron chi connectivity index (χ4n) is 3.06. The summed E-state index contributed by atoms with van der Waals surface area (Å²) < 4.78 is 7.26. The summed E-state index contributed by atoms with van der Waals surface area (Å²) in [6.07, 6.45) is 1.54. The second kappa shape index (κ2) is 9.32. The number of phenolic OH excluding ortho intramolecular Hbond substituents is 2. The van der Waals surface area contributed by atoms with Crippen LogP contribution in [0.15, 0.2) is 88.3 Å². The molecule has 0 bridgehead atoms. The van der Waals surface area contributed by atoms with E-state index in [4.69, 9.17) is 9.73 Å². The third kappa shape index (κ3) is 4.67. The van der Waals surface area contributed by atoms with E-state index in [1.165, 1.54) is 23.5 Å². The second-order valence-corrected chi connectivity index (χ2v) is 7.54. The smallest absolute Gasteiger partial charge is 0.206 e. The summed E-state index contributed by atoms with van der Waals surface area (Å²) in [4.78, 5) is 5.46. The lowest BCUT2D eigenvalue weighted by molar-refractivity contribution is 0.416. The molecule has 0 saturated carbocycles. The van der Waals surface area contributed by atoms with E-state index in [9.17, 15) is 10.2 Å². The van der Waals surface area contributed by atoms with Gasteiger partial charge in [-0.05, 0) is 29.8 Å². The van der Waals surface area contributed by atoms with Gasteiger partial charge in [-0.15, -0.1) is 11.3 Å². The molecule has 31 heavy (non-hydrogen) atoms. The number of para-hydroxylation sites is 1. The van der Waals surface area contributed by atoms with Gasteiger partial charge in [-0.2, -0.15) is 5.10 Å². The van der Waals surface area contributed by atoms with Crippen LogP contribution >= 0.6 is 11.3 Å². The number of methoxy groups -OCH3 is 1. The normalized spacial score (nSPS) is 11.8. The van der Waals surface area contributed by atoms with E-state index in [0.717, 1.165) is 22.6 Å². The molecule has 0 unspecified atom stereocenters. The third-order valence-electron chi connectivity index (χ3n) is 4.63. The first-order valence-electron chi connectivity index (χ1n) is 9.60. The average Bonchev–Trinajstić information content (AvgIpc) is 3.20. The Labute approximate surface area is 183 Å². The molecule has 3 aromatic carbocycles. The van der Waals surface area contributed by atoms with Crippen LogP contribution in [-0.4, -0.2) is 28.2 Å². The maximum absolute atomic E-state index is 10.1. The largest absolute Gasteiger partial charge is 0.508 e. The summed E-state index contributed by atoms with van der Waals surface area (Å²) in [5, 5.41) is 26.2. The van der Waals surface area contributed by atoms with E-state index in [1.54, 1.807) is 24.1 Å². The topological polar surface area (TPSA) is 79.3 Å². The van der Waals surface area contributed by atoms with E-state index < -0.39 is 0 Å². The fraction of sp³-hybridized carbons (Fsp3) is 0.0833. The zero-order chi connectivity index (χ0) is 21.6. The first kappa shape index (κ1) is 20.4. The lowest BCUT2D eigenvalue weighted by Gasteiger charge is -2.09. The van der Waals surface area contributed by atoms with Crippen molar-refractivity contribution in [2.75, 3.05) is 7.11 Å². The van der Waals surface area contributed by atoms with Crippen LogP contribution in [0.3, 0.4) is 0 Å². The predicted octanol–water partition coefficient (Wildman–Crippen LogP) is 4.62. The Hall–Kier alpha value is -3.84. The minimum Gasteiger partial charge on any atom is -0.508 e. The number of phenols is 2. The number of aromatic hydroxyl groups is 2. The van der Waals surface area contributed by atoms with E-state index in [0.29, 0.717) is 16.9 Å². The molecule has 0 atom stereocenters. The number of benzene rings is 3. The van der Waals surface area contributed by atoms with Gasteiger partial charge >= 0.3 is 0 Å². The molecule has 0 aliphatic rings. The van der Waals surface area contributed by atoms with E-state index >= 15 is 0 Å². The molecule has 7 heteroatoms. The van der Waals surface area contributed by atoms with Crippen molar-refractivity contribution in [3.63, 3.8) is 0 Å². The van der Waals surface area contributed by atoms with Crippen LogP contribution in [0.2, 0.25) is 0 Å². The van der Waals surface area contributed by atoms with Crippen LogP contribution in [0.4, 0.5) is 0 Å². The van der Waals surface area contributed by atoms with Crippen molar-refractivity contribution >= 4 is 17.6 Å². The SMILES string of the molecule is COc1ccccc1-c1csc(=NCc2ccccc2)n1N=Cc1ccc(O)cc1O. The summed E-state index contributed by atoms with van der Waals surface area (Å²) in [6.45, 7) is 0.521. The summed E-state index contributed by atoms with van der Waals surface area (Å²) in [7, 11) is 1.63.